The predicted octanol–water partition coefficient (Wildman–Crippen LogP) is 2.95. The Hall–Kier alpha value is -4.25. The highest BCUT2D eigenvalue weighted by Crippen LogP contribution is 2.32. The van der Waals surface area contributed by atoms with Gasteiger partial charge in [-0.2, -0.15) is 5.10 Å². The average Bonchev–Trinajstić information content (AvgIpc) is 3.59. The van der Waals surface area contributed by atoms with Crippen LogP contribution in [-0.2, 0) is 16.1 Å². The van der Waals surface area contributed by atoms with Crippen molar-refractivity contribution in [3.05, 3.63) is 54.3 Å². The van der Waals surface area contributed by atoms with Gasteiger partial charge in [0.2, 0.25) is 11.8 Å². The molecule has 2 saturated heterocycles. The number of benzene rings is 1. The van der Waals surface area contributed by atoms with E-state index >= 15 is 0 Å². The molecule has 5 heterocycles. The molecule has 2 aliphatic rings. The second-order valence-electron chi connectivity index (χ2n) is 9.32. The van der Waals surface area contributed by atoms with Crippen molar-refractivity contribution in [2.45, 2.75) is 32.4 Å². The Labute approximate surface area is 212 Å². The molecule has 2 N–H and O–H groups in total. The van der Waals surface area contributed by atoms with E-state index in [-0.39, 0.29) is 23.6 Å². The van der Waals surface area contributed by atoms with Gasteiger partial charge in [-0.25, -0.2) is 4.98 Å². The van der Waals surface area contributed by atoms with Gasteiger partial charge in [0.15, 0.2) is 5.69 Å². The zero-order valence-corrected chi connectivity index (χ0v) is 20.3. The van der Waals surface area contributed by atoms with Crippen molar-refractivity contribution in [1.82, 2.24) is 25.1 Å². The average molecular weight is 503 g/mol. The van der Waals surface area contributed by atoms with Crippen molar-refractivity contribution in [3.63, 3.8) is 0 Å². The third kappa shape index (κ3) is 4.90. The number of aryl methyl sites for hydroxylation is 2. The highest BCUT2D eigenvalue weighted by molar-refractivity contribution is 6.05. The molecule has 6 rings (SSSR count). The van der Waals surface area contributed by atoms with Gasteiger partial charge in [-0.3, -0.25) is 19.3 Å². The van der Waals surface area contributed by atoms with E-state index in [2.05, 4.69) is 25.7 Å². The number of hydrogen-bond donors (Lipinski definition) is 2. The Morgan fingerprint density at radius 3 is 2.95 bits per heavy atom. The fourth-order valence-corrected chi connectivity index (χ4v) is 4.46. The summed E-state index contributed by atoms with van der Waals surface area (Å²) in [5, 5.41) is 11.3. The SMILES string of the molecule is Cc1cc(-c2nc(C(=O)Nc3cc4cn(CCC5CCNC5=O)nc4cc3OC3COC3)co2)ccn1. The van der Waals surface area contributed by atoms with Crippen LogP contribution >= 0.6 is 0 Å². The fraction of sp³-hybridized carbons (Fsp3) is 0.346. The Kier molecular flexibility index (Phi) is 6.05. The van der Waals surface area contributed by atoms with E-state index in [0.717, 1.165) is 41.5 Å². The zero-order chi connectivity index (χ0) is 25.4. The number of aromatic nitrogens is 4. The van der Waals surface area contributed by atoms with E-state index in [0.29, 0.717) is 37.1 Å². The number of anilines is 1. The van der Waals surface area contributed by atoms with E-state index in [4.69, 9.17) is 13.9 Å². The molecule has 11 heteroatoms. The van der Waals surface area contributed by atoms with Crippen molar-refractivity contribution >= 4 is 28.4 Å². The Morgan fingerprint density at radius 1 is 1.30 bits per heavy atom. The monoisotopic (exact) mass is 502 g/mol. The van der Waals surface area contributed by atoms with Crippen molar-refractivity contribution in [2.24, 2.45) is 5.92 Å². The first-order valence-electron chi connectivity index (χ1n) is 12.2. The van der Waals surface area contributed by atoms with Gasteiger partial charge in [0.05, 0.1) is 24.4 Å². The normalized spacial score (nSPS) is 17.5. The summed E-state index contributed by atoms with van der Waals surface area (Å²) in [6.07, 6.45) is 6.38. The predicted molar refractivity (Wildman–Crippen MR) is 133 cm³/mol. The first kappa shape index (κ1) is 23.2. The summed E-state index contributed by atoms with van der Waals surface area (Å²) in [4.78, 5) is 33.5. The van der Waals surface area contributed by atoms with Crippen LogP contribution in [0.2, 0.25) is 0 Å². The van der Waals surface area contributed by atoms with Crippen molar-refractivity contribution in [1.29, 1.82) is 0 Å². The number of hydrogen-bond acceptors (Lipinski definition) is 8. The maximum absolute atomic E-state index is 13.1. The molecule has 11 nitrogen and oxygen atoms in total. The summed E-state index contributed by atoms with van der Waals surface area (Å²) in [6.45, 7) is 4.20. The molecule has 0 radical (unpaired) electrons. The number of amides is 2. The molecule has 1 atom stereocenters. The van der Waals surface area contributed by atoms with Crippen LogP contribution in [0.3, 0.4) is 0 Å². The van der Waals surface area contributed by atoms with Gasteiger partial charge < -0.3 is 24.5 Å². The van der Waals surface area contributed by atoms with Gasteiger partial charge in [0.1, 0.15) is 18.1 Å². The third-order valence-electron chi connectivity index (χ3n) is 6.55. The van der Waals surface area contributed by atoms with Crippen molar-refractivity contribution in [2.75, 3.05) is 25.1 Å². The third-order valence-corrected chi connectivity index (χ3v) is 6.55. The van der Waals surface area contributed by atoms with E-state index in [1.54, 1.807) is 12.3 Å². The number of carbonyl (C=O) groups is 2. The summed E-state index contributed by atoms with van der Waals surface area (Å²) in [5.74, 6) is 0.544. The molecule has 37 heavy (non-hydrogen) atoms. The molecule has 0 saturated carbocycles. The summed E-state index contributed by atoms with van der Waals surface area (Å²) in [7, 11) is 0. The van der Waals surface area contributed by atoms with Gasteiger partial charge in [-0.05, 0) is 38.0 Å². The topological polar surface area (TPSA) is 133 Å². The largest absolute Gasteiger partial charge is 0.483 e. The smallest absolute Gasteiger partial charge is 0.277 e. The molecule has 3 aromatic heterocycles. The van der Waals surface area contributed by atoms with Crippen LogP contribution in [0.15, 0.2) is 47.3 Å². The number of nitrogens with zero attached hydrogens (tertiary/aromatic N) is 4. The van der Waals surface area contributed by atoms with Crippen LogP contribution in [0.1, 0.15) is 29.0 Å². The number of ether oxygens (including phenoxy) is 2. The molecular formula is C26H26N6O5. The molecule has 1 unspecified atom stereocenters. The lowest BCUT2D eigenvalue weighted by molar-refractivity contribution is -0.122. The molecule has 2 aliphatic heterocycles. The van der Waals surface area contributed by atoms with Gasteiger partial charge in [-0.1, -0.05) is 0 Å². The van der Waals surface area contributed by atoms with E-state index in [1.165, 1.54) is 6.26 Å². The lowest BCUT2D eigenvalue weighted by Crippen LogP contribution is -2.38. The molecule has 0 spiro atoms. The van der Waals surface area contributed by atoms with Gasteiger partial charge >= 0.3 is 0 Å². The maximum Gasteiger partial charge on any atom is 0.277 e. The summed E-state index contributed by atoms with van der Waals surface area (Å²) < 4.78 is 18.7. The second kappa shape index (κ2) is 9.66. The van der Waals surface area contributed by atoms with Gasteiger partial charge in [0.25, 0.3) is 5.91 Å². The van der Waals surface area contributed by atoms with Gasteiger partial charge in [-0.15, -0.1) is 0 Å². The lowest BCUT2D eigenvalue weighted by atomic mass is 10.0. The number of fused-ring (bicyclic) bond motifs is 1. The minimum atomic E-state index is -0.422. The Balaban J connectivity index is 1.23. The van der Waals surface area contributed by atoms with Crippen molar-refractivity contribution < 1.29 is 23.5 Å². The van der Waals surface area contributed by atoms with Gasteiger partial charge in [0, 0.05) is 54.1 Å². The standard InChI is InChI=1S/C26H26N6O5/c1-15-8-17(3-5-27-15)26-30-22(14-36-26)25(34)29-21-9-18-11-32(7-4-16-2-6-28-24(16)33)31-20(18)10-23(21)37-19-12-35-13-19/h3,5,8-11,14,16,19H,2,4,6-7,12-13H2,1H3,(H,28,33)(H,29,34). The minimum Gasteiger partial charge on any atom is -0.483 e. The second-order valence-corrected chi connectivity index (χ2v) is 9.32. The van der Waals surface area contributed by atoms with Crippen LogP contribution < -0.4 is 15.4 Å². The van der Waals surface area contributed by atoms with Crippen LogP contribution in [-0.4, -0.2) is 57.4 Å². The quantitative estimate of drug-likeness (QED) is 0.376. The highest BCUT2D eigenvalue weighted by atomic mass is 16.6. The zero-order valence-electron chi connectivity index (χ0n) is 20.3. The molecular weight excluding hydrogens is 476 g/mol. The van der Waals surface area contributed by atoms with E-state index in [1.807, 2.05) is 36.0 Å². The maximum atomic E-state index is 13.1. The molecule has 1 aromatic carbocycles. The Bertz CT molecular complexity index is 1470. The fourth-order valence-electron chi connectivity index (χ4n) is 4.46. The highest BCUT2D eigenvalue weighted by Gasteiger charge is 2.25. The summed E-state index contributed by atoms with van der Waals surface area (Å²) >= 11 is 0. The van der Waals surface area contributed by atoms with Crippen LogP contribution in [0, 0.1) is 12.8 Å². The van der Waals surface area contributed by atoms with Crippen LogP contribution in [0.4, 0.5) is 5.69 Å². The number of carbonyl (C=O) groups excluding carboxylic acids is 2. The van der Waals surface area contributed by atoms with E-state index < -0.39 is 5.91 Å². The molecule has 0 aliphatic carbocycles. The summed E-state index contributed by atoms with van der Waals surface area (Å²) in [6, 6.07) is 7.26. The molecule has 0 bridgehead atoms. The number of pyridine rings is 1. The lowest BCUT2D eigenvalue weighted by Gasteiger charge is -2.27. The molecule has 2 amide bonds. The van der Waals surface area contributed by atoms with E-state index in [9.17, 15) is 9.59 Å². The molecule has 4 aromatic rings. The number of nitrogens with one attached hydrogen (secondary N) is 2. The summed E-state index contributed by atoms with van der Waals surface area (Å²) in [5.41, 5.74) is 2.95. The van der Waals surface area contributed by atoms with Crippen molar-refractivity contribution in [3.8, 4) is 17.2 Å². The number of oxazole rings is 1. The van der Waals surface area contributed by atoms with Crippen LogP contribution in [0.5, 0.6) is 5.75 Å². The first-order valence-corrected chi connectivity index (χ1v) is 12.2. The molecule has 2 fully saturated rings. The first-order chi connectivity index (χ1) is 18.0. The van der Waals surface area contributed by atoms with Crippen LogP contribution in [0.25, 0.3) is 22.4 Å². The molecule has 190 valence electrons. The number of rotatable bonds is 8. The minimum absolute atomic E-state index is 0.0167. The Morgan fingerprint density at radius 2 is 2.19 bits per heavy atom.